The SMILES string of the molecule is Fc1c(-c2ccccc2)c(Cl)cc2c(N3CCNCC3)nc(OC[C@]34CCCN3C[C@H](F)C4)nc12. The third kappa shape index (κ3) is 4.11. The topological polar surface area (TPSA) is 53.5 Å². The Bertz CT molecular complexity index is 1240. The highest BCUT2D eigenvalue weighted by Gasteiger charge is 2.49. The number of ether oxygens (including phenoxy) is 1. The summed E-state index contributed by atoms with van der Waals surface area (Å²) in [6.07, 6.45) is 1.51. The van der Waals surface area contributed by atoms with Gasteiger partial charge in [-0.2, -0.15) is 9.97 Å². The smallest absolute Gasteiger partial charge is 0.319 e. The van der Waals surface area contributed by atoms with E-state index in [0.29, 0.717) is 46.9 Å². The van der Waals surface area contributed by atoms with Crippen LogP contribution in [-0.2, 0) is 0 Å². The number of hydrogen-bond donors (Lipinski definition) is 1. The van der Waals surface area contributed by atoms with E-state index in [9.17, 15) is 4.39 Å². The van der Waals surface area contributed by atoms with Crippen molar-refractivity contribution in [2.45, 2.75) is 31.0 Å². The Morgan fingerprint density at radius 1 is 1.14 bits per heavy atom. The summed E-state index contributed by atoms with van der Waals surface area (Å²) in [5, 5.41) is 4.21. The molecule has 6 rings (SSSR count). The molecule has 0 amide bonds. The summed E-state index contributed by atoms with van der Waals surface area (Å²) in [5.41, 5.74) is 0.845. The molecule has 0 saturated carbocycles. The van der Waals surface area contributed by atoms with Gasteiger partial charge in [-0.1, -0.05) is 41.9 Å². The predicted octanol–water partition coefficient (Wildman–Crippen LogP) is 4.45. The third-order valence-electron chi connectivity index (χ3n) is 7.55. The zero-order valence-electron chi connectivity index (χ0n) is 19.4. The van der Waals surface area contributed by atoms with Crippen molar-refractivity contribution in [3.8, 4) is 17.1 Å². The van der Waals surface area contributed by atoms with Crippen molar-refractivity contribution in [2.24, 2.45) is 0 Å². The van der Waals surface area contributed by atoms with Crippen LogP contribution >= 0.6 is 11.6 Å². The lowest BCUT2D eigenvalue weighted by Crippen LogP contribution is -2.44. The minimum atomic E-state index is -0.846. The van der Waals surface area contributed by atoms with Crippen molar-refractivity contribution in [1.82, 2.24) is 20.2 Å². The van der Waals surface area contributed by atoms with Crippen molar-refractivity contribution in [3.05, 3.63) is 47.2 Å². The maximum atomic E-state index is 16.0. The van der Waals surface area contributed by atoms with Gasteiger partial charge in [-0.05, 0) is 31.0 Å². The molecule has 0 radical (unpaired) electrons. The van der Waals surface area contributed by atoms with E-state index in [1.54, 1.807) is 6.07 Å². The summed E-state index contributed by atoms with van der Waals surface area (Å²) in [7, 11) is 0. The van der Waals surface area contributed by atoms with Crippen molar-refractivity contribution < 1.29 is 13.5 Å². The van der Waals surface area contributed by atoms with Crippen LogP contribution in [0.2, 0.25) is 5.02 Å². The number of nitrogens with one attached hydrogen (secondary N) is 1. The Morgan fingerprint density at radius 2 is 1.94 bits per heavy atom. The summed E-state index contributed by atoms with van der Waals surface area (Å²) in [6, 6.07) is 11.1. The number of nitrogens with zero attached hydrogens (tertiary/aromatic N) is 4. The molecule has 6 nitrogen and oxygen atoms in total. The Kier molecular flexibility index (Phi) is 5.98. The van der Waals surface area contributed by atoms with Crippen LogP contribution < -0.4 is 15.0 Å². The molecule has 0 spiro atoms. The Hall–Kier alpha value is -2.55. The summed E-state index contributed by atoms with van der Waals surface area (Å²) in [6.45, 7) is 4.68. The van der Waals surface area contributed by atoms with E-state index in [1.807, 2.05) is 30.3 Å². The molecule has 2 atom stereocenters. The van der Waals surface area contributed by atoms with E-state index < -0.39 is 12.0 Å². The fourth-order valence-electron chi connectivity index (χ4n) is 5.86. The summed E-state index contributed by atoms with van der Waals surface area (Å²) in [4.78, 5) is 13.5. The van der Waals surface area contributed by atoms with Gasteiger partial charge in [0.05, 0.1) is 10.6 Å². The fraction of sp³-hybridized carbons (Fsp3) is 0.462. The Labute approximate surface area is 208 Å². The highest BCUT2D eigenvalue weighted by atomic mass is 35.5. The van der Waals surface area contributed by atoms with Gasteiger partial charge >= 0.3 is 6.01 Å². The molecule has 4 heterocycles. The molecular weight excluding hydrogens is 472 g/mol. The highest BCUT2D eigenvalue weighted by Crippen LogP contribution is 2.41. The standard InChI is InChI=1S/C26H28ClF2N5O/c27-20-13-19-23(22(29)21(20)17-5-2-1-3-6-17)31-25(32-24(19)33-11-8-30-9-12-33)35-16-26-7-4-10-34(26)15-18(28)14-26/h1-3,5-6,13,18,30H,4,7-12,14-16H2/t18-,26-/m1/s1. The average molecular weight is 500 g/mol. The van der Waals surface area contributed by atoms with E-state index in [0.717, 1.165) is 45.6 Å². The van der Waals surface area contributed by atoms with Crippen LogP contribution in [0.3, 0.4) is 0 Å². The quantitative estimate of drug-likeness (QED) is 0.559. The normalized spacial score (nSPS) is 24.8. The van der Waals surface area contributed by atoms with Crippen molar-refractivity contribution in [3.63, 3.8) is 0 Å². The van der Waals surface area contributed by atoms with Crippen LogP contribution in [0.15, 0.2) is 36.4 Å². The number of hydrogen-bond acceptors (Lipinski definition) is 6. The second-order valence-electron chi connectivity index (χ2n) is 9.74. The maximum absolute atomic E-state index is 16.0. The Morgan fingerprint density at radius 3 is 2.74 bits per heavy atom. The van der Waals surface area contributed by atoms with E-state index >= 15 is 4.39 Å². The van der Waals surface area contributed by atoms with Gasteiger partial charge in [0.2, 0.25) is 0 Å². The van der Waals surface area contributed by atoms with E-state index in [-0.39, 0.29) is 17.1 Å². The first kappa shape index (κ1) is 22.9. The number of rotatable bonds is 5. The van der Waals surface area contributed by atoms with Gasteiger partial charge in [-0.15, -0.1) is 0 Å². The second kappa shape index (κ2) is 9.15. The number of alkyl halides is 1. The molecule has 3 fully saturated rings. The number of anilines is 1. The van der Waals surface area contributed by atoms with Crippen molar-refractivity contribution in [2.75, 3.05) is 50.8 Å². The van der Waals surface area contributed by atoms with E-state index in [2.05, 4.69) is 20.1 Å². The molecule has 2 aromatic carbocycles. The third-order valence-corrected chi connectivity index (χ3v) is 7.85. The molecule has 9 heteroatoms. The molecule has 0 unspecified atom stereocenters. The van der Waals surface area contributed by atoms with Crippen LogP contribution in [0.25, 0.3) is 22.0 Å². The summed E-state index contributed by atoms with van der Waals surface area (Å²) >= 11 is 6.62. The minimum Gasteiger partial charge on any atom is -0.461 e. The summed E-state index contributed by atoms with van der Waals surface area (Å²) in [5.74, 6) is 0.121. The van der Waals surface area contributed by atoms with Crippen LogP contribution in [0.1, 0.15) is 19.3 Å². The molecule has 3 aliphatic heterocycles. The van der Waals surface area contributed by atoms with Crippen molar-refractivity contribution in [1.29, 1.82) is 0 Å². The molecular formula is C26H28ClF2N5O. The number of fused-ring (bicyclic) bond motifs is 2. The molecule has 0 bridgehead atoms. The lowest BCUT2D eigenvalue weighted by molar-refractivity contribution is 0.107. The van der Waals surface area contributed by atoms with Crippen molar-refractivity contribution >= 4 is 28.3 Å². The van der Waals surface area contributed by atoms with Crippen LogP contribution in [-0.4, -0.2) is 72.5 Å². The van der Waals surface area contributed by atoms with Gasteiger partial charge in [0, 0.05) is 50.1 Å². The molecule has 3 saturated heterocycles. The second-order valence-corrected chi connectivity index (χ2v) is 10.1. The Balaban J connectivity index is 1.43. The van der Waals surface area contributed by atoms with E-state index in [4.69, 9.17) is 21.3 Å². The first-order valence-electron chi connectivity index (χ1n) is 12.3. The first-order chi connectivity index (χ1) is 17.0. The molecule has 35 heavy (non-hydrogen) atoms. The zero-order valence-corrected chi connectivity index (χ0v) is 20.2. The van der Waals surface area contributed by atoms with Gasteiger partial charge < -0.3 is 15.0 Å². The first-order valence-corrected chi connectivity index (χ1v) is 12.6. The number of piperazine rings is 1. The van der Waals surface area contributed by atoms with Crippen LogP contribution in [0.4, 0.5) is 14.6 Å². The molecule has 184 valence electrons. The highest BCUT2D eigenvalue weighted by molar-refractivity contribution is 6.34. The van der Waals surface area contributed by atoms with Gasteiger partial charge in [0.1, 0.15) is 24.1 Å². The van der Waals surface area contributed by atoms with Gasteiger partial charge in [0.15, 0.2) is 5.82 Å². The molecule has 0 aliphatic carbocycles. The predicted molar refractivity (Wildman–Crippen MR) is 134 cm³/mol. The fourth-order valence-corrected chi connectivity index (χ4v) is 6.16. The van der Waals surface area contributed by atoms with Gasteiger partial charge in [-0.25, -0.2) is 8.78 Å². The van der Waals surface area contributed by atoms with E-state index in [1.165, 1.54) is 0 Å². The van der Waals surface area contributed by atoms with Crippen LogP contribution in [0, 0.1) is 5.82 Å². The average Bonchev–Trinajstić information content (AvgIpc) is 3.39. The lowest BCUT2D eigenvalue weighted by Gasteiger charge is -2.32. The monoisotopic (exact) mass is 499 g/mol. The summed E-state index contributed by atoms with van der Waals surface area (Å²) < 4.78 is 36.4. The maximum Gasteiger partial charge on any atom is 0.319 e. The van der Waals surface area contributed by atoms with Gasteiger partial charge in [-0.3, -0.25) is 4.90 Å². The zero-order chi connectivity index (χ0) is 24.0. The number of benzene rings is 2. The number of halogens is 3. The number of aromatic nitrogens is 2. The molecule has 1 aromatic heterocycles. The van der Waals surface area contributed by atoms with Gasteiger partial charge in [0.25, 0.3) is 0 Å². The largest absolute Gasteiger partial charge is 0.461 e. The lowest BCUT2D eigenvalue weighted by atomic mass is 9.95. The molecule has 3 aliphatic rings. The molecule has 3 aromatic rings. The molecule has 1 N–H and O–H groups in total. The van der Waals surface area contributed by atoms with Crippen LogP contribution in [0.5, 0.6) is 6.01 Å². The minimum absolute atomic E-state index is 0.120.